The first-order chi connectivity index (χ1) is 8.34. The minimum Gasteiger partial charge on any atom is -0.328 e. The van der Waals surface area contributed by atoms with Crippen LogP contribution in [0, 0.1) is 0 Å². The second-order valence-corrected chi connectivity index (χ2v) is 4.61. The van der Waals surface area contributed by atoms with Gasteiger partial charge in [0, 0.05) is 26.1 Å². The first-order valence-electron chi connectivity index (χ1n) is 5.83. The van der Waals surface area contributed by atoms with E-state index in [-0.39, 0.29) is 0 Å². The number of fused-ring (bicyclic) bond motifs is 1. The molecular formula is C13H14ClN3. The zero-order chi connectivity index (χ0) is 11.7. The van der Waals surface area contributed by atoms with E-state index in [9.17, 15) is 0 Å². The molecule has 1 aliphatic rings. The van der Waals surface area contributed by atoms with Crippen LogP contribution in [0.2, 0.25) is 5.15 Å². The van der Waals surface area contributed by atoms with Crippen LogP contribution in [0.15, 0.2) is 30.3 Å². The summed E-state index contributed by atoms with van der Waals surface area (Å²) in [5.41, 5.74) is 2.39. The van der Waals surface area contributed by atoms with Gasteiger partial charge in [-0.15, -0.1) is 0 Å². The predicted octanol–water partition coefficient (Wildman–Crippen LogP) is 2.23. The topological polar surface area (TPSA) is 29.9 Å². The molecule has 2 aromatic rings. The number of benzene rings is 1. The van der Waals surface area contributed by atoms with Crippen LogP contribution in [0.1, 0.15) is 17.1 Å². The molecule has 4 heteroatoms. The lowest BCUT2D eigenvalue weighted by Gasteiger charge is -2.17. The smallest absolute Gasteiger partial charge is 0.151 e. The largest absolute Gasteiger partial charge is 0.328 e. The van der Waals surface area contributed by atoms with Crippen molar-refractivity contribution in [2.24, 2.45) is 0 Å². The summed E-state index contributed by atoms with van der Waals surface area (Å²) >= 11 is 6.16. The second-order valence-electron chi connectivity index (χ2n) is 4.26. The number of nitrogens with zero attached hydrogens (tertiary/aromatic N) is 2. The van der Waals surface area contributed by atoms with Gasteiger partial charge in [-0.1, -0.05) is 41.9 Å². The van der Waals surface area contributed by atoms with Crippen LogP contribution >= 0.6 is 11.6 Å². The molecule has 3 nitrogen and oxygen atoms in total. The lowest BCUT2D eigenvalue weighted by Crippen LogP contribution is -2.28. The maximum absolute atomic E-state index is 6.16. The Bertz CT molecular complexity index is 519. The molecule has 0 amide bonds. The van der Waals surface area contributed by atoms with E-state index in [0.29, 0.717) is 5.15 Å². The fraction of sp³-hybridized carbons (Fsp3) is 0.308. The zero-order valence-electron chi connectivity index (χ0n) is 9.49. The summed E-state index contributed by atoms with van der Waals surface area (Å²) in [6.07, 6.45) is 0.848. The molecule has 0 fully saturated rings. The summed E-state index contributed by atoms with van der Waals surface area (Å²) in [5.74, 6) is 1.07. The van der Waals surface area contributed by atoms with Crippen molar-refractivity contribution in [3.63, 3.8) is 0 Å². The Balaban J connectivity index is 1.93. The van der Waals surface area contributed by atoms with Gasteiger partial charge < -0.3 is 9.88 Å². The van der Waals surface area contributed by atoms with Gasteiger partial charge in [-0.2, -0.15) is 0 Å². The Morgan fingerprint density at radius 1 is 1.29 bits per heavy atom. The number of hydrogen-bond donors (Lipinski definition) is 1. The van der Waals surface area contributed by atoms with Gasteiger partial charge >= 0.3 is 0 Å². The van der Waals surface area contributed by atoms with Gasteiger partial charge in [0.25, 0.3) is 0 Å². The van der Waals surface area contributed by atoms with E-state index in [1.807, 2.05) is 6.07 Å². The molecule has 0 saturated carbocycles. The third-order valence-electron chi connectivity index (χ3n) is 3.11. The van der Waals surface area contributed by atoms with Crippen LogP contribution in [-0.4, -0.2) is 16.1 Å². The van der Waals surface area contributed by atoms with Crippen LogP contribution < -0.4 is 5.32 Å². The molecule has 0 unspecified atom stereocenters. The van der Waals surface area contributed by atoms with Crippen LogP contribution in [0.4, 0.5) is 0 Å². The zero-order valence-corrected chi connectivity index (χ0v) is 10.2. The van der Waals surface area contributed by atoms with Crippen molar-refractivity contribution in [2.75, 3.05) is 6.54 Å². The highest BCUT2D eigenvalue weighted by molar-refractivity contribution is 6.30. The van der Waals surface area contributed by atoms with Crippen molar-refractivity contribution in [1.82, 2.24) is 14.9 Å². The molecule has 0 atom stereocenters. The number of nitrogens with one attached hydrogen (secondary N) is 1. The Hall–Kier alpha value is -1.32. The third kappa shape index (κ3) is 2.08. The molecule has 1 N–H and O–H groups in total. The van der Waals surface area contributed by atoms with Crippen molar-refractivity contribution in [1.29, 1.82) is 0 Å². The molecule has 0 saturated heterocycles. The van der Waals surface area contributed by atoms with Gasteiger partial charge in [0.15, 0.2) is 5.15 Å². The molecule has 88 valence electrons. The first kappa shape index (κ1) is 10.8. The lowest BCUT2D eigenvalue weighted by atomic mass is 10.1. The van der Waals surface area contributed by atoms with Gasteiger partial charge in [0.1, 0.15) is 5.82 Å². The van der Waals surface area contributed by atoms with E-state index in [1.54, 1.807) is 0 Å². The number of imidazole rings is 1. The SMILES string of the molecule is Clc1nc(Cc2ccccc2)n2c1CNCC2. The Morgan fingerprint density at radius 3 is 2.94 bits per heavy atom. The van der Waals surface area contributed by atoms with Crippen LogP contribution in [0.25, 0.3) is 0 Å². The van der Waals surface area contributed by atoms with Gasteiger partial charge in [0.05, 0.1) is 5.69 Å². The highest BCUT2D eigenvalue weighted by atomic mass is 35.5. The number of hydrogen-bond acceptors (Lipinski definition) is 2. The molecule has 17 heavy (non-hydrogen) atoms. The highest BCUT2D eigenvalue weighted by Crippen LogP contribution is 2.21. The molecule has 3 rings (SSSR count). The standard InChI is InChI=1S/C13H14ClN3/c14-13-11-9-15-6-7-17(11)12(16-13)8-10-4-2-1-3-5-10/h1-5,15H,6-9H2. The van der Waals surface area contributed by atoms with E-state index < -0.39 is 0 Å². The molecule has 1 aliphatic heterocycles. The molecule has 1 aromatic carbocycles. The van der Waals surface area contributed by atoms with Crippen LogP contribution in [-0.2, 0) is 19.5 Å². The van der Waals surface area contributed by atoms with Gasteiger partial charge in [-0.25, -0.2) is 4.98 Å². The Kier molecular flexibility index (Phi) is 2.87. The molecule has 1 aromatic heterocycles. The minimum absolute atomic E-state index is 0.642. The van der Waals surface area contributed by atoms with E-state index >= 15 is 0 Å². The maximum atomic E-state index is 6.16. The van der Waals surface area contributed by atoms with E-state index in [2.05, 4.69) is 39.1 Å². The average molecular weight is 248 g/mol. The minimum atomic E-state index is 0.642. The van der Waals surface area contributed by atoms with Crippen LogP contribution in [0.3, 0.4) is 0 Å². The third-order valence-corrected chi connectivity index (χ3v) is 3.42. The summed E-state index contributed by atoms with van der Waals surface area (Å²) in [5, 5.41) is 3.96. The van der Waals surface area contributed by atoms with Crippen molar-refractivity contribution in [3.05, 3.63) is 52.6 Å². The summed E-state index contributed by atoms with van der Waals surface area (Å²) < 4.78 is 2.24. The molecule has 0 bridgehead atoms. The van der Waals surface area contributed by atoms with E-state index in [4.69, 9.17) is 11.6 Å². The van der Waals surface area contributed by atoms with Crippen LogP contribution in [0.5, 0.6) is 0 Å². The first-order valence-corrected chi connectivity index (χ1v) is 6.21. The van der Waals surface area contributed by atoms with Crippen molar-refractivity contribution in [2.45, 2.75) is 19.5 Å². The molecule has 0 spiro atoms. The monoisotopic (exact) mass is 247 g/mol. The highest BCUT2D eigenvalue weighted by Gasteiger charge is 2.18. The number of halogens is 1. The van der Waals surface area contributed by atoms with Gasteiger partial charge in [-0.3, -0.25) is 0 Å². The van der Waals surface area contributed by atoms with Crippen molar-refractivity contribution < 1.29 is 0 Å². The molecular weight excluding hydrogens is 234 g/mol. The lowest BCUT2D eigenvalue weighted by molar-refractivity contribution is 0.504. The maximum Gasteiger partial charge on any atom is 0.151 e. The van der Waals surface area contributed by atoms with Crippen molar-refractivity contribution in [3.8, 4) is 0 Å². The molecule has 0 radical (unpaired) electrons. The fourth-order valence-corrected chi connectivity index (χ4v) is 2.52. The Labute approximate surface area is 105 Å². The van der Waals surface area contributed by atoms with E-state index in [0.717, 1.165) is 37.6 Å². The summed E-state index contributed by atoms with van der Waals surface area (Å²) in [4.78, 5) is 4.48. The number of aromatic nitrogens is 2. The average Bonchev–Trinajstić information content (AvgIpc) is 2.69. The van der Waals surface area contributed by atoms with Gasteiger partial charge in [-0.05, 0) is 5.56 Å². The summed E-state index contributed by atoms with van der Waals surface area (Å²) in [6, 6.07) is 10.4. The quantitative estimate of drug-likeness (QED) is 0.882. The predicted molar refractivity (Wildman–Crippen MR) is 68.2 cm³/mol. The fourth-order valence-electron chi connectivity index (χ4n) is 2.25. The summed E-state index contributed by atoms with van der Waals surface area (Å²) in [6.45, 7) is 2.76. The molecule has 2 heterocycles. The molecule has 0 aliphatic carbocycles. The number of rotatable bonds is 2. The summed E-state index contributed by atoms with van der Waals surface area (Å²) in [7, 11) is 0. The second kappa shape index (κ2) is 4.51. The Morgan fingerprint density at radius 2 is 2.12 bits per heavy atom. The van der Waals surface area contributed by atoms with Crippen molar-refractivity contribution >= 4 is 11.6 Å². The normalized spacial score (nSPS) is 14.6. The van der Waals surface area contributed by atoms with E-state index in [1.165, 1.54) is 5.56 Å². The van der Waals surface area contributed by atoms with Gasteiger partial charge in [0.2, 0.25) is 0 Å².